The minimum atomic E-state index is 0.213. The van der Waals surface area contributed by atoms with Crippen molar-refractivity contribution in [2.24, 2.45) is 7.05 Å². The van der Waals surface area contributed by atoms with Gasteiger partial charge in [0.2, 0.25) is 0 Å². The number of hydrogen-bond donors (Lipinski definition) is 1. The molecule has 3 rings (SSSR count). The third-order valence-corrected chi connectivity index (χ3v) is 4.47. The highest BCUT2D eigenvalue weighted by atomic mass is 15.3. The fraction of sp³-hybridized carbons (Fsp3) is 0.438. The van der Waals surface area contributed by atoms with Crippen LogP contribution < -0.4 is 5.32 Å². The fourth-order valence-corrected chi connectivity index (χ4v) is 3.37. The monoisotopic (exact) mass is 255 g/mol. The van der Waals surface area contributed by atoms with Crippen molar-refractivity contribution in [1.82, 2.24) is 15.1 Å². The minimum Gasteiger partial charge on any atom is -0.311 e. The van der Waals surface area contributed by atoms with Gasteiger partial charge in [-0.2, -0.15) is 5.10 Å². The Bertz CT molecular complexity index is 540. The van der Waals surface area contributed by atoms with Crippen LogP contribution in [0.4, 0.5) is 0 Å². The van der Waals surface area contributed by atoms with Gasteiger partial charge in [-0.15, -0.1) is 0 Å². The lowest BCUT2D eigenvalue weighted by molar-refractivity contribution is 0.172. The molecule has 1 aliphatic carbocycles. The van der Waals surface area contributed by atoms with E-state index in [0.717, 1.165) is 5.69 Å². The molecule has 1 saturated carbocycles. The largest absolute Gasteiger partial charge is 0.311 e. The molecule has 0 radical (unpaired) electrons. The van der Waals surface area contributed by atoms with Crippen LogP contribution in [0.1, 0.15) is 36.6 Å². The molecule has 1 aliphatic rings. The molecule has 19 heavy (non-hydrogen) atoms. The predicted octanol–water partition coefficient (Wildman–Crippen LogP) is 2.80. The molecular formula is C16H21N3. The van der Waals surface area contributed by atoms with Crippen LogP contribution in [0.2, 0.25) is 0 Å². The quantitative estimate of drug-likeness (QED) is 0.910. The Balaban J connectivity index is 2.01. The van der Waals surface area contributed by atoms with Gasteiger partial charge in [0.25, 0.3) is 0 Å². The number of aryl methyl sites for hydroxylation is 1. The van der Waals surface area contributed by atoms with E-state index in [1.54, 1.807) is 0 Å². The summed E-state index contributed by atoms with van der Waals surface area (Å²) in [5.74, 6) is 0. The molecule has 1 unspecified atom stereocenters. The van der Waals surface area contributed by atoms with Crippen molar-refractivity contribution >= 4 is 0 Å². The van der Waals surface area contributed by atoms with Crippen molar-refractivity contribution in [3.63, 3.8) is 0 Å². The number of benzene rings is 1. The van der Waals surface area contributed by atoms with Gasteiger partial charge in [0, 0.05) is 18.7 Å². The molecule has 1 aromatic carbocycles. The summed E-state index contributed by atoms with van der Waals surface area (Å²) in [6, 6.07) is 13.3. The molecule has 0 amide bonds. The first-order valence-corrected chi connectivity index (χ1v) is 6.98. The lowest BCUT2D eigenvalue weighted by Crippen LogP contribution is -2.46. The highest BCUT2D eigenvalue weighted by Crippen LogP contribution is 2.51. The average molecular weight is 255 g/mol. The molecule has 1 heterocycles. The maximum Gasteiger partial charge on any atom is 0.0802 e. The second-order valence-electron chi connectivity index (χ2n) is 5.51. The Labute approximate surface area is 114 Å². The number of hydrogen-bond acceptors (Lipinski definition) is 2. The van der Waals surface area contributed by atoms with Crippen LogP contribution in [0, 0.1) is 0 Å². The van der Waals surface area contributed by atoms with Gasteiger partial charge in [-0.1, -0.05) is 36.8 Å². The van der Waals surface area contributed by atoms with Crippen molar-refractivity contribution in [3.05, 3.63) is 53.9 Å². The number of nitrogens with zero attached hydrogens (tertiary/aromatic N) is 2. The van der Waals surface area contributed by atoms with Crippen LogP contribution in [0.3, 0.4) is 0 Å². The molecule has 0 bridgehead atoms. The van der Waals surface area contributed by atoms with E-state index >= 15 is 0 Å². The van der Waals surface area contributed by atoms with Crippen LogP contribution in [0.25, 0.3) is 0 Å². The smallest absolute Gasteiger partial charge is 0.0802 e. The summed E-state index contributed by atoms with van der Waals surface area (Å²) in [5.41, 5.74) is 2.80. The normalized spacial score (nSPS) is 18.8. The zero-order chi connectivity index (χ0) is 13.3. The molecule has 1 atom stereocenters. The first-order chi connectivity index (χ1) is 9.26. The van der Waals surface area contributed by atoms with Gasteiger partial charge in [-0.3, -0.25) is 4.68 Å². The molecule has 3 heteroatoms. The Kier molecular flexibility index (Phi) is 3.15. The minimum absolute atomic E-state index is 0.213. The van der Waals surface area contributed by atoms with Crippen LogP contribution in [0.15, 0.2) is 42.6 Å². The molecule has 1 N–H and O–H groups in total. The first kappa shape index (κ1) is 12.4. The van der Waals surface area contributed by atoms with Gasteiger partial charge in [0.1, 0.15) is 0 Å². The van der Waals surface area contributed by atoms with Crippen molar-refractivity contribution in [2.45, 2.75) is 30.7 Å². The third-order valence-electron chi connectivity index (χ3n) is 4.47. The van der Waals surface area contributed by atoms with E-state index in [4.69, 9.17) is 0 Å². The summed E-state index contributed by atoms with van der Waals surface area (Å²) in [4.78, 5) is 0. The summed E-state index contributed by atoms with van der Waals surface area (Å²) >= 11 is 0. The van der Waals surface area contributed by atoms with E-state index < -0.39 is 0 Å². The van der Waals surface area contributed by atoms with Crippen LogP contribution >= 0.6 is 0 Å². The Hall–Kier alpha value is -1.61. The molecule has 0 saturated heterocycles. The summed E-state index contributed by atoms with van der Waals surface area (Å²) in [5, 5.41) is 8.11. The molecule has 1 fully saturated rings. The lowest BCUT2D eigenvalue weighted by atomic mass is 9.59. The van der Waals surface area contributed by atoms with Gasteiger partial charge in [0.05, 0.1) is 11.7 Å². The summed E-state index contributed by atoms with van der Waals surface area (Å²) in [6.07, 6.45) is 5.80. The zero-order valence-corrected chi connectivity index (χ0v) is 11.6. The molecule has 0 spiro atoms. The summed E-state index contributed by atoms with van der Waals surface area (Å²) in [6.45, 7) is 0. The SMILES string of the molecule is CNC(c1ccn(C)n1)C1(c2ccccc2)CCC1. The predicted molar refractivity (Wildman–Crippen MR) is 77.0 cm³/mol. The highest BCUT2D eigenvalue weighted by molar-refractivity contribution is 5.33. The van der Waals surface area contributed by atoms with Crippen LogP contribution in [-0.4, -0.2) is 16.8 Å². The number of nitrogens with one attached hydrogen (secondary N) is 1. The topological polar surface area (TPSA) is 29.9 Å². The highest BCUT2D eigenvalue weighted by Gasteiger charge is 2.46. The van der Waals surface area contributed by atoms with Gasteiger partial charge in [-0.05, 0) is 31.5 Å². The van der Waals surface area contributed by atoms with E-state index in [0.29, 0.717) is 6.04 Å². The summed E-state index contributed by atoms with van der Waals surface area (Å²) < 4.78 is 1.89. The molecule has 0 aliphatic heterocycles. The molecule has 100 valence electrons. The van der Waals surface area contributed by atoms with Crippen LogP contribution in [0.5, 0.6) is 0 Å². The van der Waals surface area contributed by atoms with E-state index in [9.17, 15) is 0 Å². The van der Waals surface area contributed by atoms with Gasteiger partial charge >= 0.3 is 0 Å². The average Bonchev–Trinajstić information content (AvgIpc) is 2.81. The van der Waals surface area contributed by atoms with Gasteiger partial charge in [0.15, 0.2) is 0 Å². The van der Waals surface area contributed by atoms with Crippen LogP contribution in [-0.2, 0) is 12.5 Å². The zero-order valence-electron chi connectivity index (χ0n) is 11.6. The molecule has 1 aromatic heterocycles. The Morgan fingerprint density at radius 1 is 1.21 bits per heavy atom. The number of aromatic nitrogens is 2. The molecular weight excluding hydrogens is 234 g/mol. The second-order valence-corrected chi connectivity index (χ2v) is 5.51. The molecule has 3 nitrogen and oxygen atoms in total. The van der Waals surface area contributed by atoms with Crippen molar-refractivity contribution in [3.8, 4) is 0 Å². The van der Waals surface area contributed by atoms with Gasteiger partial charge in [-0.25, -0.2) is 0 Å². The van der Waals surface area contributed by atoms with Crippen molar-refractivity contribution in [1.29, 1.82) is 0 Å². The lowest BCUT2D eigenvalue weighted by Gasteiger charge is -2.47. The van der Waals surface area contributed by atoms with Crippen molar-refractivity contribution in [2.75, 3.05) is 7.05 Å². The third kappa shape index (κ3) is 1.98. The Morgan fingerprint density at radius 3 is 2.42 bits per heavy atom. The Morgan fingerprint density at radius 2 is 1.95 bits per heavy atom. The number of rotatable bonds is 4. The van der Waals surface area contributed by atoms with Crippen molar-refractivity contribution < 1.29 is 0 Å². The maximum absolute atomic E-state index is 4.61. The van der Waals surface area contributed by atoms with E-state index in [1.807, 2.05) is 25.0 Å². The molecule has 2 aromatic rings. The summed E-state index contributed by atoms with van der Waals surface area (Å²) in [7, 11) is 4.02. The second kappa shape index (κ2) is 4.82. The fourth-order valence-electron chi connectivity index (χ4n) is 3.37. The van der Waals surface area contributed by atoms with Gasteiger partial charge < -0.3 is 5.32 Å². The van der Waals surface area contributed by atoms with E-state index in [2.05, 4.69) is 46.8 Å². The number of likely N-dealkylation sites (N-methyl/N-ethyl adjacent to an activating group) is 1. The van der Waals surface area contributed by atoms with E-state index in [1.165, 1.54) is 24.8 Å². The van der Waals surface area contributed by atoms with E-state index in [-0.39, 0.29) is 5.41 Å². The first-order valence-electron chi connectivity index (χ1n) is 6.98. The standard InChI is InChI=1S/C16H21N3/c1-17-15(14-9-12-19(2)18-14)16(10-6-11-16)13-7-4-3-5-8-13/h3-5,7-9,12,15,17H,6,10-11H2,1-2H3. The maximum atomic E-state index is 4.61.